The molecule has 0 aliphatic rings. The lowest BCUT2D eigenvalue weighted by atomic mass is 9.93. The molecule has 114 valence electrons. The summed E-state index contributed by atoms with van der Waals surface area (Å²) in [6.07, 6.45) is 1.08. The minimum absolute atomic E-state index is 0.0326. The minimum Gasteiger partial charge on any atom is -0.300 e. The molecule has 0 spiro atoms. The minimum atomic E-state index is 0.0326. The Kier molecular flexibility index (Phi) is 6.08. The van der Waals surface area contributed by atoms with Crippen LogP contribution in [0.4, 0.5) is 0 Å². The second-order valence-corrected chi connectivity index (χ2v) is 6.40. The first-order valence-corrected chi connectivity index (χ1v) is 8.21. The molecule has 0 amide bonds. The van der Waals surface area contributed by atoms with E-state index in [9.17, 15) is 9.59 Å². The smallest absolute Gasteiger partial charge is 0.163 e. The van der Waals surface area contributed by atoms with Gasteiger partial charge in [-0.1, -0.05) is 65.3 Å². The summed E-state index contributed by atoms with van der Waals surface area (Å²) in [4.78, 5) is 24.1. The summed E-state index contributed by atoms with van der Waals surface area (Å²) >= 11 is 3.40. The number of halogens is 1. The first kappa shape index (κ1) is 16.6. The first-order valence-electron chi connectivity index (χ1n) is 7.41. The molecule has 0 aliphatic heterocycles. The Morgan fingerprint density at radius 2 is 1.59 bits per heavy atom. The van der Waals surface area contributed by atoms with Gasteiger partial charge in [0.25, 0.3) is 0 Å². The van der Waals surface area contributed by atoms with Gasteiger partial charge < -0.3 is 0 Å². The van der Waals surface area contributed by atoms with Crippen LogP contribution in [0.1, 0.15) is 48.0 Å². The number of carbonyl (C=O) groups is 2. The average Bonchev–Trinajstić information content (AvgIpc) is 2.54. The maximum absolute atomic E-state index is 12.1. The molecule has 0 bridgehead atoms. The van der Waals surface area contributed by atoms with Crippen LogP contribution in [0.5, 0.6) is 0 Å². The zero-order valence-corrected chi connectivity index (χ0v) is 14.2. The van der Waals surface area contributed by atoms with E-state index < -0.39 is 0 Å². The number of benzene rings is 2. The van der Waals surface area contributed by atoms with Crippen LogP contribution in [0.25, 0.3) is 0 Å². The highest BCUT2D eigenvalue weighted by atomic mass is 79.9. The van der Waals surface area contributed by atoms with Crippen molar-refractivity contribution in [2.75, 3.05) is 0 Å². The van der Waals surface area contributed by atoms with Crippen molar-refractivity contribution in [3.63, 3.8) is 0 Å². The summed E-state index contributed by atoms with van der Waals surface area (Å²) in [6, 6.07) is 17.1. The third-order valence-electron chi connectivity index (χ3n) is 3.70. The van der Waals surface area contributed by atoms with E-state index in [0.29, 0.717) is 18.4 Å². The fourth-order valence-electron chi connectivity index (χ4n) is 2.37. The van der Waals surface area contributed by atoms with E-state index in [2.05, 4.69) is 15.9 Å². The summed E-state index contributed by atoms with van der Waals surface area (Å²) < 4.78 is 1.03. The van der Waals surface area contributed by atoms with Crippen molar-refractivity contribution >= 4 is 27.5 Å². The van der Waals surface area contributed by atoms with E-state index in [-0.39, 0.29) is 23.9 Å². The Morgan fingerprint density at radius 3 is 2.23 bits per heavy atom. The standard InChI is InChI=1S/C19H19BrO2/c1-14(15-7-9-17(20)10-8-15)13-18(21)11-12-19(22)16-5-3-2-4-6-16/h2-10,14H,11-13H2,1H3/t14-/m1/s1. The van der Waals surface area contributed by atoms with Crippen LogP contribution in [0, 0.1) is 0 Å². The van der Waals surface area contributed by atoms with Gasteiger partial charge in [0, 0.05) is 29.3 Å². The maximum atomic E-state index is 12.1. The van der Waals surface area contributed by atoms with Crippen molar-refractivity contribution in [2.45, 2.75) is 32.1 Å². The van der Waals surface area contributed by atoms with Crippen molar-refractivity contribution in [1.82, 2.24) is 0 Å². The molecule has 0 fully saturated rings. The van der Waals surface area contributed by atoms with Gasteiger partial charge in [-0.05, 0) is 23.6 Å². The van der Waals surface area contributed by atoms with Gasteiger partial charge in [0.05, 0.1) is 0 Å². The quantitative estimate of drug-likeness (QED) is 0.639. The number of carbonyl (C=O) groups excluding carboxylic acids is 2. The number of hydrogen-bond donors (Lipinski definition) is 0. The third-order valence-corrected chi connectivity index (χ3v) is 4.23. The highest BCUT2D eigenvalue weighted by Gasteiger charge is 2.13. The van der Waals surface area contributed by atoms with Crippen LogP contribution in [0.3, 0.4) is 0 Å². The zero-order chi connectivity index (χ0) is 15.9. The predicted octanol–water partition coefficient (Wildman–Crippen LogP) is 5.17. The molecule has 3 heteroatoms. The van der Waals surface area contributed by atoms with Crippen molar-refractivity contribution in [3.8, 4) is 0 Å². The Labute approximate surface area is 139 Å². The maximum Gasteiger partial charge on any atom is 0.163 e. The number of rotatable bonds is 7. The summed E-state index contributed by atoms with van der Waals surface area (Å²) in [6.45, 7) is 2.04. The monoisotopic (exact) mass is 358 g/mol. The van der Waals surface area contributed by atoms with Gasteiger partial charge in [0.1, 0.15) is 5.78 Å². The van der Waals surface area contributed by atoms with Gasteiger partial charge in [-0.2, -0.15) is 0 Å². The van der Waals surface area contributed by atoms with E-state index in [1.165, 1.54) is 0 Å². The predicted molar refractivity (Wildman–Crippen MR) is 92.2 cm³/mol. The largest absolute Gasteiger partial charge is 0.300 e. The van der Waals surface area contributed by atoms with E-state index in [0.717, 1.165) is 10.0 Å². The molecule has 0 aromatic heterocycles. The number of ketones is 2. The van der Waals surface area contributed by atoms with Gasteiger partial charge in [-0.15, -0.1) is 0 Å². The van der Waals surface area contributed by atoms with Crippen LogP contribution in [0.15, 0.2) is 59.1 Å². The molecule has 0 saturated heterocycles. The molecule has 1 atom stereocenters. The Morgan fingerprint density at radius 1 is 0.955 bits per heavy atom. The molecular formula is C19H19BrO2. The molecule has 0 N–H and O–H groups in total. The van der Waals surface area contributed by atoms with Crippen molar-refractivity contribution < 1.29 is 9.59 Å². The van der Waals surface area contributed by atoms with Gasteiger partial charge in [-0.3, -0.25) is 9.59 Å². The van der Waals surface area contributed by atoms with Crippen LogP contribution in [-0.2, 0) is 4.79 Å². The van der Waals surface area contributed by atoms with E-state index in [1.54, 1.807) is 12.1 Å². The molecule has 0 saturated carbocycles. The summed E-state index contributed by atoms with van der Waals surface area (Å²) in [7, 11) is 0. The zero-order valence-electron chi connectivity index (χ0n) is 12.6. The van der Waals surface area contributed by atoms with Crippen LogP contribution in [-0.4, -0.2) is 11.6 Å². The third kappa shape index (κ3) is 4.92. The normalized spacial score (nSPS) is 11.9. The van der Waals surface area contributed by atoms with E-state index in [1.807, 2.05) is 49.4 Å². The van der Waals surface area contributed by atoms with Crippen LogP contribution >= 0.6 is 15.9 Å². The van der Waals surface area contributed by atoms with Crippen LogP contribution < -0.4 is 0 Å². The van der Waals surface area contributed by atoms with Crippen molar-refractivity contribution in [3.05, 3.63) is 70.2 Å². The van der Waals surface area contributed by atoms with E-state index in [4.69, 9.17) is 0 Å². The SMILES string of the molecule is C[C@H](CC(=O)CCC(=O)c1ccccc1)c1ccc(Br)cc1. The molecule has 2 nitrogen and oxygen atoms in total. The number of Topliss-reactive ketones (excluding diaryl/α,β-unsaturated/α-hetero) is 2. The lowest BCUT2D eigenvalue weighted by Crippen LogP contribution is -2.08. The highest BCUT2D eigenvalue weighted by Crippen LogP contribution is 2.22. The molecule has 0 unspecified atom stereocenters. The Hall–Kier alpha value is -1.74. The molecular weight excluding hydrogens is 340 g/mol. The lowest BCUT2D eigenvalue weighted by Gasteiger charge is -2.11. The fourth-order valence-corrected chi connectivity index (χ4v) is 2.64. The molecule has 0 heterocycles. The first-order chi connectivity index (χ1) is 10.6. The van der Waals surface area contributed by atoms with Gasteiger partial charge in [0.2, 0.25) is 0 Å². The summed E-state index contributed by atoms with van der Waals surface area (Å²) in [5, 5.41) is 0. The van der Waals surface area contributed by atoms with Gasteiger partial charge >= 0.3 is 0 Å². The number of hydrogen-bond acceptors (Lipinski definition) is 2. The molecule has 0 radical (unpaired) electrons. The average molecular weight is 359 g/mol. The summed E-state index contributed by atoms with van der Waals surface area (Å²) in [5.41, 5.74) is 1.82. The second kappa shape index (κ2) is 8.04. The Bertz CT molecular complexity index is 632. The second-order valence-electron chi connectivity index (χ2n) is 5.48. The summed E-state index contributed by atoms with van der Waals surface area (Å²) in [5.74, 6) is 0.345. The van der Waals surface area contributed by atoms with E-state index >= 15 is 0 Å². The van der Waals surface area contributed by atoms with Gasteiger partial charge in [-0.25, -0.2) is 0 Å². The molecule has 2 aromatic rings. The van der Waals surface area contributed by atoms with Gasteiger partial charge in [0.15, 0.2) is 5.78 Å². The lowest BCUT2D eigenvalue weighted by molar-refractivity contribution is -0.119. The van der Waals surface area contributed by atoms with Crippen molar-refractivity contribution in [1.29, 1.82) is 0 Å². The topological polar surface area (TPSA) is 34.1 Å². The molecule has 2 rings (SSSR count). The fraction of sp³-hybridized carbons (Fsp3) is 0.263. The Balaban J connectivity index is 1.83. The van der Waals surface area contributed by atoms with Crippen molar-refractivity contribution in [2.24, 2.45) is 0 Å². The van der Waals surface area contributed by atoms with Crippen LogP contribution in [0.2, 0.25) is 0 Å². The molecule has 0 aliphatic carbocycles. The highest BCUT2D eigenvalue weighted by molar-refractivity contribution is 9.10. The molecule has 2 aromatic carbocycles. The molecule has 22 heavy (non-hydrogen) atoms.